The molecule has 0 amide bonds. The van der Waals surface area contributed by atoms with Gasteiger partial charge in [0.15, 0.2) is 0 Å². The Labute approximate surface area is 112 Å². The fourth-order valence-corrected chi connectivity index (χ4v) is 2.16. The van der Waals surface area contributed by atoms with Gasteiger partial charge in [-0.05, 0) is 23.6 Å². The highest BCUT2D eigenvalue weighted by Crippen LogP contribution is 2.30. The van der Waals surface area contributed by atoms with Crippen molar-refractivity contribution in [2.45, 2.75) is 0 Å². The highest BCUT2D eigenvalue weighted by molar-refractivity contribution is 6.00. The number of aromatic nitrogens is 1. The Bertz CT molecular complexity index is 743. The maximum absolute atomic E-state index is 5.87. The lowest BCUT2D eigenvalue weighted by Gasteiger charge is -2.09. The van der Waals surface area contributed by atoms with Crippen molar-refractivity contribution in [1.29, 1.82) is 0 Å². The van der Waals surface area contributed by atoms with Crippen molar-refractivity contribution in [3.63, 3.8) is 0 Å². The Balaban J connectivity index is 2.29. The van der Waals surface area contributed by atoms with Crippen molar-refractivity contribution < 1.29 is 4.65 Å². The molecule has 2 N–H and O–H groups in total. The first-order valence-electron chi connectivity index (χ1n) is 5.90. The van der Waals surface area contributed by atoms with E-state index in [1.54, 1.807) is 6.07 Å². The molecule has 0 saturated heterocycles. The molecule has 4 heteroatoms. The van der Waals surface area contributed by atoms with Gasteiger partial charge in [-0.25, -0.2) is 4.98 Å². The minimum absolute atomic E-state index is 0.493. The first-order chi connectivity index (χ1) is 9.28. The number of nitrogen functional groups attached to an aromatic ring is 1. The molecule has 90 valence electrons. The molecule has 0 saturated carbocycles. The molecule has 0 spiro atoms. The molecule has 0 aliphatic heterocycles. The number of hydrogen-bond acceptors (Lipinski definition) is 3. The van der Waals surface area contributed by atoms with E-state index in [1.807, 2.05) is 48.5 Å². The van der Waals surface area contributed by atoms with Crippen LogP contribution < -0.4 is 10.4 Å². The number of pyridine rings is 1. The summed E-state index contributed by atoms with van der Waals surface area (Å²) >= 11 is 0. The van der Waals surface area contributed by atoms with Crippen LogP contribution in [0.5, 0.6) is 5.75 Å². The Hall–Kier alpha value is -2.49. The molecule has 3 nitrogen and oxygen atoms in total. The topological polar surface area (TPSA) is 48.1 Å². The lowest BCUT2D eigenvalue weighted by Crippen LogP contribution is -1.94. The average molecular weight is 246 g/mol. The molecule has 0 unspecified atom stereocenters. The summed E-state index contributed by atoms with van der Waals surface area (Å²) in [6.45, 7) is 0. The zero-order valence-electron chi connectivity index (χ0n) is 10.2. The number of nitrogens with zero attached hydrogens (tertiary/aromatic N) is 1. The number of benzene rings is 2. The van der Waals surface area contributed by atoms with Gasteiger partial charge in [-0.15, -0.1) is 0 Å². The Kier molecular flexibility index (Phi) is 2.84. The van der Waals surface area contributed by atoms with Crippen LogP contribution >= 0.6 is 0 Å². The van der Waals surface area contributed by atoms with Crippen LogP contribution in [0.4, 0.5) is 5.82 Å². The first kappa shape index (κ1) is 11.6. The van der Waals surface area contributed by atoms with E-state index in [9.17, 15) is 0 Å². The summed E-state index contributed by atoms with van der Waals surface area (Å²) in [6, 6.07) is 17.3. The van der Waals surface area contributed by atoms with Gasteiger partial charge in [-0.3, -0.25) is 0 Å². The van der Waals surface area contributed by atoms with Gasteiger partial charge in [0.1, 0.15) is 5.82 Å². The SMILES string of the molecule is [B]Oc1cccc(-c2nc(N)cc3ccccc23)c1. The second kappa shape index (κ2) is 4.65. The predicted molar refractivity (Wildman–Crippen MR) is 78.0 cm³/mol. The minimum atomic E-state index is 0.493. The van der Waals surface area contributed by atoms with E-state index in [-0.39, 0.29) is 0 Å². The fraction of sp³-hybridized carbons (Fsp3) is 0. The van der Waals surface area contributed by atoms with Crippen molar-refractivity contribution in [1.82, 2.24) is 4.98 Å². The summed E-state index contributed by atoms with van der Waals surface area (Å²) in [5.41, 5.74) is 7.62. The molecule has 1 aromatic heterocycles. The van der Waals surface area contributed by atoms with Crippen LogP contribution in [0, 0.1) is 0 Å². The molecule has 3 aromatic rings. The van der Waals surface area contributed by atoms with E-state index >= 15 is 0 Å². The van der Waals surface area contributed by atoms with E-state index in [4.69, 9.17) is 18.4 Å². The molecular formula is C15H11BN2O. The maximum atomic E-state index is 5.87. The quantitative estimate of drug-likeness (QED) is 0.707. The van der Waals surface area contributed by atoms with E-state index in [0.717, 1.165) is 22.0 Å². The number of rotatable bonds is 2. The van der Waals surface area contributed by atoms with Crippen LogP contribution in [0.1, 0.15) is 0 Å². The zero-order valence-corrected chi connectivity index (χ0v) is 10.2. The summed E-state index contributed by atoms with van der Waals surface area (Å²) in [7, 11) is 5.19. The van der Waals surface area contributed by atoms with Crippen LogP contribution in [-0.4, -0.2) is 13.0 Å². The average Bonchev–Trinajstić information content (AvgIpc) is 2.46. The number of hydrogen-bond donors (Lipinski definition) is 1. The summed E-state index contributed by atoms with van der Waals surface area (Å²) < 4.78 is 4.76. The summed E-state index contributed by atoms with van der Waals surface area (Å²) in [5, 5.41) is 2.11. The third-order valence-electron chi connectivity index (χ3n) is 3.00. The van der Waals surface area contributed by atoms with Crippen molar-refractivity contribution in [3.8, 4) is 17.0 Å². The number of fused-ring (bicyclic) bond motifs is 1. The second-order valence-electron chi connectivity index (χ2n) is 4.26. The Morgan fingerprint density at radius 3 is 2.68 bits per heavy atom. The van der Waals surface area contributed by atoms with E-state index in [2.05, 4.69) is 4.98 Å². The van der Waals surface area contributed by atoms with Crippen molar-refractivity contribution in [2.24, 2.45) is 0 Å². The van der Waals surface area contributed by atoms with Gasteiger partial charge in [0.25, 0.3) is 0 Å². The van der Waals surface area contributed by atoms with Crippen molar-refractivity contribution in [2.75, 3.05) is 5.73 Å². The van der Waals surface area contributed by atoms with E-state index < -0.39 is 0 Å². The van der Waals surface area contributed by atoms with Crippen LogP contribution in [-0.2, 0) is 0 Å². The fourth-order valence-electron chi connectivity index (χ4n) is 2.16. The van der Waals surface area contributed by atoms with Crippen LogP contribution in [0.25, 0.3) is 22.0 Å². The third-order valence-corrected chi connectivity index (χ3v) is 3.00. The van der Waals surface area contributed by atoms with Gasteiger partial charge in [-0.2, -0.15) is 0 Å². The summed E-state index contributed by atoms with van der Waals surface area (Å²) in [6.07, 6.45) is 0. The van der Waals surface area contributed by atoms with Crippen molar-refractivity contribution in [3.05, 3.63) is 54.6 Å². The highest BCUT2D eigenvalue weighted by Gasteiger charge is 2.07. The maximum Gasteiger partial charge on any atom is 0.374 e. The molecule has 2 radical (unpaired) electrons. The van der Waals surface area contributed by atoms with Gasteiger partial charge in [0.2, 0.25) is 0 Å². The van der Waals surface area contributed by atoms with Gasteiger partial charge in [0, 0.05) is 10.9 Å². The number of nitrogens with two attached hydrogens (primary N) is 1. The smallest absolute Gasteiger partial charge is 0.374 e. The molecule has 19 heavy (non-hydrogen) atoms. The van der Waals surface area contributed by atoms with Crippen LogP contribution in [0.15, 0.2) is 54.6 Å². The normalized spacial score (nSPS) is 10.5. The van der Waals surface area contributed by atoms with Crippen LogP contribution in [0.3, 0.4) is 0 Å². The van der Waals surface area contributed by atoms with Crippen LogP contribution in [0.2, 0.25) is 0 Å². The molecule has 0 aliphatic rings. The van der Waals surface area contributed by atoms with Crippen molar-refractivity contribution >= 4 is 24.6 Å². The Morgan fingerprint density at radius 1 is 1.00 bits per heavy atom. The van der Waals surface area contributed by atoms with E-state index in [0.29, 0.717) is 11.6 Å². The standard InChI is InChI=1S/C15H11BN2O/c16-19-12-6-3-5-11(8-12)15-13-7-2-1-4-10(13)9-14(17)18-15/h1-9H,(H2,17,18). The molecule has 1 heterocycles. The summed E-state index contributed by atoms with van der Waals surface area (Å²) in [5.74, 6) is 1.08. The van der Waals surface area contributed by atoms with Gasteiger partial charge in [-0.1, -0.05) is 36.4 Å². The largest absolute Gasteiger partial charge is 0.568 e. The molecule has 0 bridgehead atoms. The summed E-state index contributed by atoms with van der Waals surface area (Å²) in [4.78, 5) is 4.43. The van der Waals surface area contributed by atoms with Gasteiger partial charge < -0.3 is 10.4 Å². The molecule has 0 fully saturated rings. The molecule has 3 rings (SSSR count). The first-order valence-corrected chi connectivity index (χ1v) is 5.90. The lowest BCUT2D eigenvalue weighted by molar-refractivity contribution is 0.616. The molecule has 2 aromatic carbocycles. The zero-order chi connectivity index (χ0) is 13.2. The molecular weight excluding hydrogens is 235 g/mol. The predicted octanol–water partition coefficient (Wildman–Crippen LogP) is 2.95. The highest BCUT2D eigenvalue weighted by atomic mass is 16.4. The molecule has 0 atom stereocenters. The monoisotopic (exact) mass is 246 g/mol. The van der Waals surface area contributed by atoms with Gasteiger partial charge in [0.05, 0.1) is 11.4 Å². The van der Waals surface area contributed by atoms with Gasteiger partial charge >= 0.3 is 8.05 Å². The number of anilines is 1. The van der Waals surface area contributed by atoms with E-state index in [1.165, 1.54) is 0 Å². The minimum Gasteiger partial charge on any atom is -0.568 e. The second-order valence-corrected chi connectivity index (χ2v) is 4.26. The lowest BCUT2D eigenvalue weighted by atomic mass is 10.0. The molecule has 0 aliphatic carbocycles. The third kappa shape index (κ3) is 2.13. The Morgan fingerprint density at radius 2 is 1.84 bits per heavy atom.